The Morgan fingerprint density at radius 2 is 1.89 bits per heavy atom. The summed E-state index contributed by atoms with van der Waals surface area (Å²) in [5.41, 5.74) is 2.86. The zero-order chi connectivity index (χ0) is 13.4. The lowest BCUT2D eigenvalue weighted by atomic mass is 10.2. The molecule has 0 atom stereocenters. The van der Waals surface area contributed by atoms with Crippen molar-refractivity contribution in [3.05, 3.63) is 65.6 Å². The van der Waals surface area contributed by atoms with E-state index < -0.39 is 5.82 Å². The van der Waals surface area contributed by atoms with Crippen LogP contribution < -0.4 is 0 Å². The average molecular weight is 253 g/mol. The Bertz CT molecular complexity index is 774. The van der Waals surface area contributed by atoms with Crippen LogP contribution >= 0.6 is 0 Å². The van der Waals surface area contributed by atoms with Crippen molar-refractivity contribution in [2.45, 2.75) is 6.92 Å². The second kappa shape index (κ2) is 4.35. The van der Waals surface area contributed by atoms with Gasteiger partial charge in [-0.2, -0.15) is 0 Å². The summed E-state index contributed by atoms with van der Waals surface area (Å²) in [4.78, 5) is 10.7. The molecule has 3 heteroatoms. The molecule has 0 aliphatic heterocycles. The number of halogens is 1. The Morgan fingerprint density at radius 3 is 2.63 bits per heavy atom. The third-order valence-electron chi connectivity index (χ3n) is 3.26. The number of fused-ring (bicyclic) bond motifs is 1. The van der Waals surface area contributed by atoms with Crippen molar-refractivity contribution in [2.75, 3.05) is 0 Å². The van der Waals surface area contributed by atoms with Gasteiger partial charge in [0.25, 0.3) is 0 Å². The molecule has 0 spiro atoms. The van der Waals surface area contributed by atoms with Crippen LogP contribution in [0.3, 0.4) is 0 Å². The van der Waals surface area contributed by atoms with E-state index in [2.05, 4.69) is 6.07 Å². The van der Waals surface area contributed by atoms with Gasteiger partial charge in [0.2, 0.25) is 0 Å². The Balaban J connectivity index is 2.27. The Labute approximate surface area is 110 Å². The van der Waals surface area contributed by atoms with Gasteiger partial charge in [-0.25, -0.2) is 4.39 Å². The van der Waals surface area contributed by atoms with Gasteiger partial charge >= 0.3 is 0 Å². The predicted octanol–water partition coefficient (Wildman–Crippen LogP) is 3.89. The summed E-state index contributed by atoms with van der Waals surface area (Å²) in [6.07, 6.45) is 0.528. The van der Waals surface area contributed by atoms with Gasteiger partial charge < -0.3 is 4.57 Å². The van der Waals surface area contributed by atoms with Crippen molar-refractivity contribution in [3.63, 3.8) is 0 Å². The van der Waals surface area contributed by atoms with E-state index in [0.29, 0.717) is 6.29 Å². The summed E-state index contributed by atoms with van der Waals surface area (Å²) in [6, 6.07) is 14.7. The molecule has 1 heterocycles. The van der Waals surface area contributed by atoms with E-state index in [4.69, 9.17) is 0 Å². The number of rotatable bonds is 2. The molecule has 0 radical (unpaired) electrons. The van der Waals surface area contributed by atoms with E-state index in [9.17, 15) is 9.18 Å². The van der Waals surface area contributed by atoms with E-state index in [0.717, 1.165) is 22.3 Å². The molecule has 0 aliphatic carbocycles. The van der Waals surface area contributed by atoms with Crippen molar-refractivity contribution in [1.29, 1.82) is 0 Å². The molecule has 0 N–H and O–H groups in total. The first-order valence-corrected chi connectivity index (χ1v) is 6.03. The monoisotopic (exact) mass is 253 g/mol. The molecule has 19 heavy (non-hydrogen) atoms. The Morgan fingerprint density at radius 1 is 1.11 bits per heavy atom. The van der Waals surface area contributed by atoms with Gasteiger partial charge in [-0.3, -0.25) is 4.79 Å². The van der Waals surface area contributed by atoms with E-state index in [1.165, 1.54) is 12.1 Å². The van der Waals surface area contributed by atoms with E-state index in [1.807, 2.05) is 35.8 Å². The van der Waals surface area contributed by atoms with Crippen molar-refractivity contribution < 1.29 is 9.18 Å². The summed E-state index contributed by atoms with van der Waals surface area (Å²) in [6.45, 7) is 1.98. The van der Waals surface area contributed by atoms with Crippen LogP contribution in [0.2, 0.25) is 0 Å². The summed E-state index contributed by atoms with van der Waals surface area (Å²) < 4.78 is 15.7. The van der Waals surface area contributed by atoms with Crippen molar-refractivity contribution in [3.8, 4) is 5.69 Å². The summed E-state index contributed by atoms with van der Waals surface area (Å²) >= 11 is 0. The van der Waals surface area contributed by atoms with Crippen molar-refractivity contribution in [2.24, 2.45) is 0 Å². The smallest absolute Gasteiger partial charge is 0.152 e. The third kappa shape index (κ3) is 1.83. The van der Waals surface area contributed by atoms with Gasteiger partial charge in [0.15, 0.2) is 6.29 Å². The van der Waals surface area contributed by atoms with Crippen LogP contribution in [0, 0.1) is 12.7 Å². The summed E-state index contributed by atoms with van der Waals surface area (Å²) in [5.74, 6) is -0.496. The van der Waals surface area contributed by atoms with Crippen molar-refractivity contribution in [1.82, 2.24) is 4.57 Å². The largest absolute Gasteiger partial charge is 0.314 e. The molecule has 0 aliphatic rings. The summed E-state index contributed by atoms with van der Waals surface area (Å²) in [7, 11) is 0. The third-order valence-corrected chi connectivity index (χ3v) is 3.26. The molecule has 0 bridgehead atoms. The van der Waals surface area contributed by atoms with Crippen LogP contribution in [0.25, 0.3) is 16.6 Å². The van der Waals surface area contributed by atoms with Gasteiger partial charge in [0.1, 0.15) is 5.82 Å². The van der Waals surface area contributed by atoms with E-state index in [-0.39, 0.29) is 5.56 Å². The molecular weight excluding hydrogens is 241 g/mol. The molecule has 1 aromatic heterocycles. The van der Waals surface area contributed by atoms with Crippen LogP contribution in [-0.2, 0) is 0 Å². The molecule has 94 valence electrons. The van der Waals surface area contributed by atoms with Gasteiger partial charge in [-0.05, 0) is 37.3 Å². The lowest BCUT2D eigenvalue weighted by Crippen LogP contribution is -1.98. The van der Waals surface area contributed by atoms with Crippen LogP contribution in [0.1, 0.15) is 16.1 Å². The Kier molecular flexibility index (Phi) is 2.67. The lowest BCUT2D eigenvalue weighted by Gasteiger charge is -2.09. The van der Waals surface area contributed by atoms with Crippen LogP contribution in [0.15, 0.2) is 48.5 Å². The zero-order valence-electron chi connectivity index (χ0n) is 10.4. The van der Waals surface area contributed by atoms with E-state index in [1.54, 1.807) is 6.07 Å². The maximum atomic E-state index is 13.7. The maximum Gasteiger partial charge on any atom is 0.152 e. The quantitative estimate of drug-likeness (QED) is 0.635. The predicted molar refractivity (Wildman–Crippen MR) is 73.4 cm³/mol. The lowest BCUT2D eigenvalue weighted by molar-refractivity contribution is 0.112. The fourth-order valence-corrected chi connectivity index (χ4v) is 2.39. The second-order valence-corrected chi connectivity index (χ2v) is 4.50. The number of aryl methyl sites for hydroxylation is 1. The molecular formula is C16H12FNO. The van der Waals surface area contributed by atoms with E-state index >= 15 is 0 Å². The highest BCUT2D eigenvalue weighted by Crippen LogP contribution is 2.24. The van der Waals surface area contributed by atoms with Gasteiger partial charge in [-0.1, -0.05) is 18.2 Å². The molecule has 2 nitrogen and oxygen atoms in total. The number of nitrogens with zero attached hydrogens (tertiary/aromatic N) is 1. The standard InChI is InChI=1S/C16H12FNO/c1-11-8-12-4-2-3-5-16(12)18(11)14-7-6-13(10-19)15(17)9-14/h2-10H,1H3. The second-order valence-electron chi connectivity index (χ2n) is 4.50. The van der Waals surface area contributed by atoms with Gasteiger partial charge in [0, 0.05) is 16.8 Å². The van der Waals surface area contributed by atoms with Crippen molar-refractivity contribution >= 4 is 17.2 Å². The molecule has 0 saturated carbocycles. The normalized spacial score (nSPS) is 10.8. The minimum atomic E-state index is -0.496. The fraction of sp³-hybridized carbons (Fsp3) is 0.0625. The first kappa shape index (κ1) is 11.7. The number of benzene rings is 2. The molecule has 0 fully saturated rings. The van der Waals surface area contributed by atoms with Crippen LogP contribution in [-0.4, -0.2) is 10.9 Å². The maximum absolute atomic E-state index is 13.7. The highest BCUT2D eigenvalue weighted by molar-refractivity contribution is 5.83. The zero-order valence-corrected chi connectivity index (χ0v) is 10.4. The molecule has 2 aromatic carbocycles. The molecule has 0 unspecified atom stereocenters. The first-order valence-electron chi connectivity index (χ1n) is 6.03. The Hall–Kier alpha value is -2.42. The number of carbonyl (C=O) groups excluding carboxylic acids is 1. The van der Waals surface area contributed by atoms with Crippen LogP contribution in [0.5, 0.6) is 0 Å². The first-order chi connectivity index (χ1) is 9.20. The van der Waals surface area contributed by atoms with Crippen LogP contribution in [0.4, 0.5) is 4.39 Å². The number of carbonyl (C=O) groups is 1. The average Bonchev–Trinajstić information content (AvgIpc) is 2.74. The van der Waals surface area contributed by atoms with Gasteiger partial charge in [-0.15, -0.1) is 0 Å². The minimum Gasteiger partial charge on any atom is -0.314 e. The molecule has 0 amide bonds. The highest BCUT2D eigenvalue weighted by atomic mass is 19.1. The highest BCUT2D eigenvalue weighted by Gasteiger charge is 2.09. The number of hydrogen-bond donors (Lipinski definition) is 0. The topological polar surface area (TPSA) is 22.0 Å². The molecule has 3 rings (SSSR count). The number of hydrogen-bond acceptors (Lipinski definition) is 1. The number of para-hydroxylation sites is 1. The SMILES string of the molecule is Cc1cc2ccccc2n1-c1ccc(C=O)c(F)c1. The minimum absolute atomic E-state index is 0.0814. The van der Waals surface area contributed by atoms with Gasteiger partial charge in [0.05, 0.1) is 11.1 Å². The number of aromatic nitrogens is 1. The fourth-order valence-electron chi connectivity index (χ4n) is 2.39. The molecule has 3 aromatic rings. The molecule has 0 saturated heterocycles. The summed E-state index contributed by atoms with van der Waals surface area (Å²) in [5, 5.41) is 1.11. The number of aldehydes is 1.